The minimum atomic E-state index is 0.189. The lowest BCUT2D eigenvalue weighted by atomic mass is 10.1. The van der Waals surface area contributed by atoms with Gasteiger partial charge in [-0.1, -0.05) is 43.7 Å². The molecule has 0 spiro atoms. The first kappa shape index (κ1) is 17.8. The highest BCUT2D eigenvalue weighted by Crippen LogP contribution is 2.29. The maximum absolute atomic E-state index is 9.96. The van der Waals surface area contributed by atoms with Crippen LogP contribution in [-0.4, -0.2) is 23.8 Å². The van der Waals surface area contributed by atoms with Gasteiger partial charge in [0, 0.05) is 5.39 Å². The summed E-state index contributed by atoms with van der Waals surface area (Å²) in [5.74, 6) is 1.66. The molecule has 0 atom stereocenters. The van der Waals surface area contributed by atoms with Gasteiger partial charge in [0.15, 0.2) is 11.5 Å². The summed E-state index contributed by atoms with van der Waals surface area (Å²) < 4.78 is 11.2. The van der Waals surface area contributed by atoms with Gasteiger partial charge < -0.3 is 14.6 Å². The largest absolute Gasteiger partial charge is 0.506 e. The highest BCUT2D eigenvalue weighted by Gasteiger charge is 2.05. The molecule has 0 bridgehead atoms. The molecule has 1 N–H and O–H groups in total. The normalized spacial score (nSPS) is 11.2. The Bertz CT molecular complexity index is 918. The summed E-state index contributed by atoms with van der Waals surface area (Å²) in [6.07, 6.45) is 5.99. The number of benzene rings is 2. The zero-order valence-corrected chi connectivity index (χ0v) is 15.1. The van der Waals surface area contributed by atoms with Crippen molar-refractivity contribution in [2.45, 2.75) is 19.8 Å². The van der Waals surface area contributed by atoms with Crippen molar-refractivity contribution in [1.29, 1.82) is 0 Å². The van der Waals surface area contributed by atoms with E-state index in [4.69, 9.17) is 9.47 Å². The van der Waals surface area contributed by atoms with Crippen molar-refractivity contribution in [1.82, 2.24) is 4.98 Å². The first-order chi connectivity index (χ1) is 12.7. The van der Waals surface area contributed by atoms with Crippen molar-refractivity contribution in [3.8, 4) is 17.2 Å². The molecule has 0 aliphatic carbocycles. The average Bonchev–Trinajstić information content (AvgIpc) is 2.67. The number of phenols is 1. The Morgan fingerprint density at radius 3 is 2.73 bits per heavy atom. The van der Waals surface area contributed by atoms with E-state index in [9.17, 15) is 5.11 Å². The fourth-order valence-electron chi connectivity index (χ4n) is 2.66. The van der Waals surface area contributed by atoms with E-state index in [2.05, 4.69) is 11.9 Å². The lowest BCUT2D eigenvalue weighted by Crippen LogP contribution is -1.99. The summed E-state index contributed by atoms with van der Waals surface area (Å²) in [5.41, 5.74) is 2.38. The summed E-state index contributed by atoms with van der Waals surface area (Å²) in [6, 6.07) is 15.1. The molecule has 1 aromatic heterocycles. The number of phenolic OH excluding ortho intramolecular Hbond substituents is 1. The average molecular weight is 349 g/mol. The van der Waals surface area contributed by atoms with E-state index in [0.29, 0.717) is 12.1 Å². The Morgan fingerprint density at radius 1 is 1.04 bits per heavy atom. The molecule has 0 saturated carbocycles. The van der Waals surface area contributed by atoms with Gasteiger partial charge in [-0.2, -0.15) is 0 Å². The molecule has 134 valence electrons. The first-order valence-corrected chi connectivity index (χ1v) is 8.79. The molecule has 0 unspecified atom stereocenters. The number of hydrogen-bond donors (Lipinski definition) is 1. The lowest BCUT2D eigenvalue weighted by Gasteiger charge is -2.11. The molecule has 0 saturated heterocycles. The van der Waals surface area contributed by atoms with Crippen LogP contribution in [0.2, 0.25) is 0 Å². The molecule has 2 aromatic carbocycles. The van der Waals surface area contributed by atoms with Crippen molar-refractivity contribution in [2.75, 3.05) is 13.7 Å². The Morgan fingerprint density at radius 2 is 1.92 bits per heavy atom. The van der Waals surface area contributed by atoms with Gasteiger partial charge in [-0.15, -0.1) is 0 Å². The van der Waals surface area contributed by atoms with E-state index in [1.165, 1.54) is 0 Å². The zero-order chi connectivity index (χ0) is 18.4. The summed E-state index contributed by atoms with van der Waals surface area (Å²) in [7, 11) is 1.64. The fraction of sp³-hybridized carbons (Fsp3) is 0.227. The van der Waals surface area contributed by atoms with Gasteiger partial charge in [0.2, 0.25) is 0 Å². The van der Waals surface area contributed by atoms with Crippen LogP contribution in [0.5, 0.6) is 17.2 Å². The van der Waals surface area contributed by atoms with Crippen molar-refractivity contribution < 1.29 is 14.6 Å². The third-order valence-electron chi connectivity index (χ3n) is 4.11. The van der Waals surface area contributed by atoms with Gasteiger partial charge in [0.1, 0.15) is 11.3 Å². The van der Waals surface area contributed by atoms with Crippen LogP contribution in [0.3, 0.4) is 0 Å². The number of hydrogen-bond acceptors (Lipinski definition) is 4. The fourth-order valence-corrected chi connectivity index (χ4v) is 2.66. The van der Waals surface area contributed by atoms with E-state index in [1.54, 1.807) is 13.2 Å². The van der Waals surface area contributed by atoms with Crippen LogP contribution in [0.15, 0.2) is 48.5 Å². The van der Waals surface area contributed by atoms with Crippen molar-refractivity contribution in [3.05, 3.63) is 59.8 Å². The summed E-state index contributed by atoms with van der Waals surface area (Å²) in [4.78, 5) is 4.51. The molecule has 3 rings (SSSR count). The topological polar surface area (TPSA) is 51.6 Å². The van der Waals surface area contributed by atoms with Gasteiger partial charge in [-0.3, -0.25) is 0 Å². The predicted molar refractivity (Wildman–Crippen MR) is 106 cm³/mol. The maximum Gasteiger partial charge on any atom is 0.161 e. The van der Waals surface area contributed by atoms with Gasteiger partial charge >= 0.3 is 0 Å². The first-order valence-electron chi connectivity index (χ1n) is 8.79. The molecular formula is C22H23NO3. The molecule has 0 aliphatic rings. The number of nitrogens with zero attached hydrogens (tertiary/aromatic N) is 1. The molecule has 0 aliphatic heterocycles. The second-order valence-corrected chi connectivity index (χ2v) is 6.03. The van der Waals surface area contributed by atoms with Crippen molar-refractivity contribution in [2.24, 2.45) is 0 Å². The minimum Gasteiger partial charge on any atom is -0.506 e. The number of aromatic nitrogens is 1. The van der Waals surface area contributed by atoms with Crippen LogP contribution in [0.25, 0.3) is 23.1 Å². The third kappa shape index (κ3) is 4.14. The predicted octanol–water partition coefficient (Wildman–Crippen LogP) is 5.30. The van der Waals surface area contributed by atoms with Gasteiger partial charge in [0.05, 0.1) is 19.4 Å². The molecule has 26 heavy (non-hydrogen) atoms. The standard InChI is InChI=1S/C22H23NO3/c1-3-4-14-26-21-15-16(9-13-20(21)25-2)8-11-18-12-10-17-6-5-7-19(24)22(17)23-18/h5-13,15,24H,3-4,14H2,1-2H3/b11-8+. The van der Waals surface area contributed by atoms with E-state index < -0.39 is 0 Å². The van der Waals surface area contributed by atoms with Gasteiger partial charge in [-0.05, 0) is 42.3 Å². The Hall–Kier alpha value is -3.01. The van der Waals surface area contributed by atoms with Crippen LogP contribution in [0.4, 0.5) is 0 Å². The Labute approximate surface area is 153 Å². The number of pyridine rings is 1. The summed E-state index contributed by atoms with van der Waals surface area (Å²) in [6.45, 7) is 2.81. The van der Waals surface area contributed by atoms with Crippen LogP contribution in [0.1, 0.15) is 31.0 Å². The number of rotatable bonds is 7. The smallest absolute Gasteiger partial charge is 0.161 e. The molecule has 4 nitrogen and oxygen atoms in total. The SMILES string of the molecule is CCCCOc1cc(/C=C/c2ccc3cccc(O)c3n2)ccc1OC. The van der Waals surface area contributed by atoms with Crippen LogP contribution < -0.4 is 9.47 Å². The molecule has 4 heteroatoms. The quantitative estimate of drug-likeness (QED) is 0.588. The van der Waals surface area contributed by atoms with Crippen LogP contribution in [0, 0.1) is 0 Å². The van der Waals surface area contributed by atoms with Crippen molar-refractivity contribution >= 4 is 23.1 Å². The summed E-state index contributed by atoms with van der Waals surface area (Å²) >= 11 is 0. The molecule has 3 aromatic rings. The van der Waals surface area contributed by atoms with E-state index in [0.717, 1.165) is 41.0 Å². The third-order valence-corrected chi connectivity index (χ3v) is 4.11. The summed E-state index contributed by atoms with van der Waals surface area (Å²) in [5, 5.41) is 10.9. The number of aromatic hydroxyl groups is 1. The Balaban J connectivity index is 1.83. The number of para-hydroxylation sites is 1. The zero-order valence-electron chi connectivity index (χ0n) is 15.1. The molecule has 0 amide bonds. The molecule has 0 fully saturated rings. The monoisotopic (exact) mass is 349 g/mol. The highest BCUT2D eigenvalue weighted by molar-refractivity contribution is 5.85. The number of fused-ring (bicyclic) bond motifs is 1. The maximum atomic E-state index is 9.96. The van der Waals surface area contributed by atoms with E-state index in [1.807, 2.05) is 54.6 Å². The molecule has 1 heterocycles. The van der Waals surface area contributed by atoms with E-state index in [-0.39, 0.29) is 5.75 Å². The minimum absolute atomic E-state index is 0.189. The second-order valence-electron chi connectivity index (χ2n) is 6.03. The highest BCUT2D eigenvalue weighted by atomic mass is 16.5. The second kappa shape index (κ2) is 8.39. The van der Waals surface area contributed by atoms with Gasteiger partial charge in [0.25, 0.3) is 0 Å². The number of methoxy groups -OCH3 is 1. The van der Waals surface area contributed by atoms with E-state index >= 15 is 0 Å². The van der Waals surface area contributed by atoms with Crippen LogP contribution in [-0.2, 0) is 0 Å². The number of unbranched alkanes of at least 4 members (excludes halogenated alkanes) is 1. The van der Waals surface area contributed by atoms with Gasteiger partial charge in [-0.25, -0.2) is 4.98 Å². The number of ether oxygens (including phenoxy) is 2. The molecular weight excluding hydrogens is 326 g/mol. The lowest BCUT2D eigenvalue weighted by molar-refractivity contribution is 0.288. The van der Waals surface area contributed by atoms with Crippen LogP contribution >= 0.6 is 0 Å². The van der Waals surface area contributed by atoms with Crippen molar-refractivity contribution in [3.63, 3.8) is 0 Å². The molecule has 0 radical (unpaired) electrons. The Kier molecular flexibility index (Phi) is 5.74.